The van der Waals surface area contributed by atoms with Gasteiger partial charge in [-0.3, -0.25) is 4.98 Å². The van der Waals surface area contributed by atoms with E-state index in [9.17, 15) is 0 Å². The van der Waals surface area contributed by atoms with Gasteiger partial charge in [-0.1, -0.05) is 24.3 Å². The summed E-state index contributed by atoms with van der Waals surface area (Å²) in [6.45, 7) is 6.54. The number of ether oxygens (including phenoxy) is 1. The highest BCUT2D eigenvalue weighted by Gasteiger charge is 2.09. The molecule has 2 rings (SSSR count). The molecule has 0 saturated heterocycles. The molecule has 2 N–H and O–H groups in total. The van der Waals surface area contributed by atoms with Gasteiger partial charge in [-0.2, -0.15) is 0 Å². The van der Waals surface area contributed by atoms with Gasteiger partial charge in [-0.15, -0.1) is 0 Å². The molecule has 20 heavy (non-hydrogen) atoms. The lowest BCUT2D eigenvalue weighted by atomic mass is 10.0. The largest absolute Gasteiger partial charge is 0.487 e. The molecule has 0 spiro atoms. The molecule has 0 aliphatic heterocycles. The molecule has 0 saturated carbocycles. The molecular formula is C17H22N2O. The van der Waals surface area contributed by atoms with E-state index in [0.29, 0.717) is 6.61 Å². The summed E-state index contributed by atoms with van der Waals surface area (Å²) in [7, 11) is 0. The standard InChI is InChI=1S/C17H22N2O/c1-12-6-4-8-15(10-13(2)18)17(12)20-11-16-9-5-7-14(3)19-16/h4-9,13H,10-11,18H2,1-3H3. The highest BCUT2D eigenvalue weighted by molar-refractivity contribution is 5.41. The molecule has 0 aliphatic carbocycles. The number of nitrogens with zero attached hydrogens (tertiary/aromatic N) is 1. The predicted molar refractivity (Wildman–Crippen MR) is 81.8 cm³/mol. The summed E-state index contributed by atoms with van der Waals surface area (Å²) in [5.41, 5.74) is 10.1. The molecule has 1 heterocycles. The Labute approximate surface area is 120 Å². The molecule has 0 bridgehead atoms. The van der Waals surface area contributed by atoms with Crippen LogP contribution in [0.4, 0.5) is 0 Å². The molecule has 3 heteroatoms. The van der Waals surface area contributed by atoms with Gasteiger partial charge in [0.15, 0.2) is 0 Å². The average molecular weight is 270 g/mol. The summed E-state index contributed by atoms with van der Waals surface area (Å²) in [6, 6.07) is 12.3. The van der Waals surface area contributed by atoms with Crippen molar-refractivity contribution in [1.82, 2.24) is 4.98 Å². The Balaban J connectivity index is 2.16. The molecule has 0 radical (unpaired) electrons. The Bertz CT molecular complexity index is 579. The second-order valence-corrected chi connectivity index (χ2v) is 5.30. The minimum atomic E-state index is 0.122. The average Bonchev–Trinajstić information content (AvgIpc) is 2.37. The van der Waals surface area contributed by atoms with Gasteiger partial charge < -0.3 is 10.5 Å². The van der Waals surface area contributed by atoms with Crippen LogP contribution < -0.4 is 10.5 Å². The van der Waals surface area contributed by atoms with Gasteiger partial charge in [0, 0.05) is 11.7 Å². The van der Waals surface area contributed by atoms with Crippen molar-refractivity contribution in [3.8, 4) is 5.75 Å². The SMILES string of the molecule is Cc1cccc(COc2c(C)cccc2CC(C)N)n1. The van der Waals surface area contributed by atoms with E-state index in [2.05, 4.69) is 24.0 Å². The molecule has 3 nitrogen and oxygen atoms in total. The molecule has 2 aromatic rings. The first-order valence-corrected chi connectivity index (χ1v) is 6.95. The number of benzene rings is 1. The number of pyridine rings is 1. The van der Waals surface area contributed by atoms with Crippen molar-refractivity contribution in [1.29, 1.82) is 0 Å². The van der Waals surface area contributed by atoms with Crippen molar-refractivity contribution in [3.63, 3.8) is 0 Å². The summed E-state index contributed by atoms with van der Waals surface area (Å²) in [4.78, 5) is 4.46. The molecule has 106 valence electrons. The number of rotatable bonds is 5. The van der Waals surface area contributed by atoms with E-state index in [0.717, 1.165) is 34.7 Å². The van der Waals surface area contributed by atoms with E-state index in [-0.39, 0.29) is 6.04 Å². The van der Waals surface area contributed by atoms with Crippen LogP contribution in [0.15, 0.2) is 36.4 Å². The maximum absolute atomic E-state index is 5.99. The van der Waals surface area contributed by atoms with Crippen molar-refractivity contribution in [2.45, 2.75) is 39.8 Å². The second-order valence-electron chi connectivity index (χ2n) is 5.30. The molecular weight excluding hydrogens is 248 g/mol. The molecule has 1 aromatic heterocycles. The van der Waals surface area contributed by atoms with Crippen molar-refractivity contribution < 1.29 is 4.74 Å². The van der Waals surface area contributed by atoms with Crippen LogP contribution in [0.5, 0.6) is 5.75 Å². The lowest BCUT2D eigenvalue weighted by Gasteiger charge is -2.15. The molecule has 0 amide bonds. The Hall–Kier alpha value is -1.87. The molecule has 1 unspecified atom stereocenters. The molecule has 0 fully saturated rings. The van der Waals surface area contributed by atoms with Gasteiger partial charge in [-0.05, 0) is 50.5 Å². The number of para-hydroxylation sites is 1. The highest BCUT2D eigenvalue weighted by Crippen LogP contribution is 2.25. The number of aryl methyl sites for hydroxylation is 2. The third-order valence-corrected chi connectivity index (χ3v) is 3.15. The first kappa shape index (κ1) is 14.5. The Morgan fingerprint density at radius 1 is 1.15 bits per heavy atom. The number of nitrogens with two attached hydrogens (primary N) is 1. The Morgan fingerprint density at radius 2 is 1.90 bits per heavy atom. The fraction of sp³-hybridized carbons (Fsp3) is 0.353. The quantitative estimate of drug-likeness (QED) is 0.907. The summed E-state index contributed by atoms with van der Waals surface area (Å²) < 4.78 is 5.99. The van der Waals surface area contributed by atoms with Crippen LogP contribution in [0.2, 0.25) is 0 Å². The molecule has 0 aliphatic rings. The van der Waals surface area contributed by atoms with Crippen molar-refractivity contribution >= 4 is 0 Å². The summed E-state index contributed by atoms with van der Waals surface area (Å²) in [5.74, 6) is 0.938. The zero-order valence-corrected chi connectivity index (χ0v) is 12.4. The van der Waals surface area contributed by atoms with Gasteiger partial charge >= 0.3 is 0 Å². The molecule has 1 atom stereocenters. The first-order valence-electron chi connectivity index (χ1n) is 6.95. The predicted octanol–water partition coefficient (Wildman–Crippen LogP) is 3.17. The third kappa shape index (κ3) is 3.81. The summed E-state index contributed by atoms with van der Waals surface area (Å²) in [6.07, 6.45) is 0.818. The number of hydrogen-bond donors (Lipinski definition) is 1. The summed E-state index contributed by atoms with van der Waals surface area (Å²) >= 11 is 0. The number of aromatic nitrogens is 1. The van der Waals surface area contributed by atoms with Crippen LogP contribution in [0, 0.1) is 13.8 Å². The van der Waals surface area contributed by atoms with Crippen LogP contribution in [0.1, 0.15) is 29.4 Å². The minimum Gasteiger partial charge on any atom is -0.487 e. The number of hydrogen-bond acceptors (Lipinski definition) is 3. The van der Waals surface area contributed by atoms with E-state index in [1.807, 2.05) is 38.1 Å². The van der Waals surface area contributed by atoms with Crippen LogP contribution in [-0.2, 0) is 13.0 Å². The Kier molecular flexibility index (Phi) is 4.74. The third-order valence-electron chi connectivity index (χ3n) is 3.15. The van der Waals surface area contributed by atoms with Gasteiger partial charge in [0.2, 0.25) is 0 Å². The van der Waals surface area contributed by atoms with Gasteiger partial charge in [0.25, 0.3) is 0 Å². The van der Waals surface area contributed by atoms with Crippen LogP contribution in [0.25, 0.3) is 0 Å². The topological polar surface area (TPSA) is 48.1 Å². The van der Waals surface area contributed by atoms with Gasteiger partial charge in [0.05, 0.1) is 5.69 Å². The smallest absolute Gasteiger partial charge is 0.130 e. The van der Waals surface area contributed by atoms with Crippen molar-refractivity contribution in [3.05, 3.63) is 58.9 Å². The fourth-order valence-electron chi connectivity index (χ4n) is 2.25. The second kappa shape index (κ2) is 6.53. The highest BCUT2D eigenvalue weighted by atomic mass is 16.5. The first-order chi connectivity index (χ1) is 9.56. The molecule has 1 aromatic carbocycles. The maximum Gasteiger partial charge on any atom is 0.130 e. The van der Waals surface area contributed by atoms with Gasteiger partial charge in [-0.25, -0.2) is 0 Å². The van der Waals surface area contributed by atoms with Crippen molar-refractivity contribution in [2.75, 3.05) is 0 Å². The van der Waals surface area contributed by atoms with E-state index in [1.165, 1.54) is 0 Å². The van der Waals surface area contributed by atoms with Crippen LogP contribution >= 0.6 is 0 Å². The van der Waals surface area contributed by atoms with E-state index in [1.54, 1.807) is 0 Å². The van der Waals surface area contributed by atoms with E-state index < -0.39 is 0 Å². The summed E-state index contributed by atoms with van der Waals surface area (Å²) in [5, 5.41) is 0. The Morgan fingerprint density at radius 3 is 2.60 bits per heavy atom. The van der Waals surface area contributed by atoms with E-state index >= 15 is 0 Å². The monoisotopic (exact) mass is 270 g/mol. The lowest BCUT2D eigenvalue weighted by molar-refractivity contribution is 0.295. The fourth-order valence-corrected chi connectivity index (χ4v) is 2.25. The van der Waals surface area contributed by atoms with Crippen LogP contribution in [0.3, 0.4) is 0 Å². The maximum atomic E-state index is 5.99. The van der Waals surface area contributed by atoms with Gasteiger partial charge in [0.1, 0.15) is 12.4 Å². The zero-order chi connectivity index (χ0) is 14.5. The zero-order valence-electron chi connectivity index (χ0n) is 12.4. The normalized spacial score (nSPS) is 12.2. The lowest BCUT2D eigenvalue weighted by Crippen LogP contribution is -2.18. The van der Waals surface area contributed by atoms with Crippen LogP contribution in [-0.4, -0.2) is 11.0 Å². The van der Waals surface area contributed by atoms with Crippen molar-refractivity contribution in [2.24, 2.45) is 5.73 Å². The van der Waals surface area contributed by atoms with E-state index in [4.69, 9.17) is 10.5 Å². The minimum absolute atomic E-state index is 0.122.